The van der Waals surface area contributed by atoms with Crippen molar-refractivity contribution < 1.29 is 14.3 Å². The van der Waals surface area contributed by atoms with E-state index in [0.717, 1.165) is 5.39 Å². The van der Waals surface area contributed by atoms with E-state index in [2.05, 4.69) is 4.98 Å². The zero-order valence-electron chi connectivity index (χ0n) is 10.8. The number of imide groups is 1. The number of rotatable bonds is 3. The first kappa shape index (κ1) is 13.6. The predicted octanol–water partition coefficient (Wildman–Crippen LogP) is 0.779. The number of nitrogens with two attached hydrogens (primary N) is 2. The summed E-state index contributed by atoms with van der Waals surface area (Å²) < 4.78 is 5.51. The fourth-order valence-electron chi connectivity index (χ4n) is 1.73. The first-order valence-electron chi connectivity index (χ1n) is 5.89. The Morgan fingerprint density at radius 3 is 2.80 bits per heavy atom. The highest BCUT2D eigenvalue weighted by atomic mass is 16.5. The summed E-state index contributed by atoms with van der Waals surface area (Å²) in [5.41, 5.74) is 11.8. The number of benzene rings is 1. The van der Waals surface area contributed by atoms with Crippen LogP contribution in [0, 0.1) is 0 Å². The van der Waals surface area contributed by atoms with Gasteiger partial charge in [0.05, 0.1) is 0 Å². The number of amides is 3. The first-order valence-corrected chi connectivity index (χ1v) is 5.89. The van der Waals surface area contributed by atoms with Crippen molar-refractivity contribution in [3.63, 3.8) is 0 Å². The Morgan fingerprint density at radius 1 is 1.35 bits per heavy atom. The zero-order chi connectivity index (χ0) is 14.7. The van der Waals surface area contributed by atoms with Gasteiger partial charge in [0.2, 0.25) is 0 Å². The number of ether oxygens (including phenoxy) is 1. The fourth-order valence-corrected chi connectivity index (χ4v) is 1.73. The van der Waals surface area contributed by atoms with Crippen LogP contribution < -0.4 is 21.5 Å². The second kappa shape index (κ2) is 5.43. The smallest absolute Gasteiger partial charge is 0.318 e. The molecule has 2 aromatic rings. The molecule has 3 amide bonds. The molecule has 0 aliphatic rings. The second-order valence-electron chi connectivity index (χ2n) is 4.17. The summed E-state index contributed by atoms with van der Waals surface area (Å²) in [6, 6.07) is 5.92. The molecular formula is C13H14N4O3. The molecule has 0 bridgehead atoms. The maximum Gasteiger partial charge on any atom is 0.318 e. The largest absolute Gasteiger partial charge is 0.479 e. The summed E-state index contributed by atoms with van der Waals surface area (Å²) in [4.78, 5) is 26.4. The van der Waals surface area contributed by atoms with Crippen LogP contribution in [0.15, 0.2) is 30.5 Å². The SMILES string of the molecule is CC(Oc1ccc(N)c2cccnc12)C(=O)NC(N)=O. The number of nitrogens with zero attached hydrogens (tertiary/aromatic N) is 1. The van der Waals surface area contributed by atoms with E-state index in [4.69, 9.17) is 16.2 Å². The van der Waals surface area contributed by atoms with Gasteiger partial charge in [0.1, 0.15) is 11.3 Å². The van der Waals surface area contributed by atoms with Crippen molar-refractivity contribution in [3.8, 4) is 5.75 Å². The number of pyridine rings is 1. The van der Waals surface area contributed by atoms with Crippen molar-refractivity contribution in [1.82, 2.24) is 10.3 Å². The third-order valence-electron chi connectivity index (χ3n) is 2.69. The molecule has 104 valence electrons. The van der Waals surface area contributed by atoms with Crippen LogP contribution in [0.4, 0.5) is 10.5 Å². The molecule has 2 rings (SSSR count). The van der Waals surface area contributed by atoms with Crippen molar-refractivity contribution in [3.05, 3.63) is 30.5 Å². The van der Waals surface area contributed by atoms with Crippen molar-refractivity contribution >= 4 is 28.5 Å². The first-order chi connectivity index (χ1) is 9.49. The molecular weight excluding hydrogens is 260 g/mol. The Hall–Kier alpha value is -2.83. The number of carbonyl (C=O) groups is 2. The summed E-state index contributed by atoms with van der Waals surface area (Å²) in [6.07, 6.45) is 0.708. The van der Waals surface area contributed by atoms with E-state index >= 15 is 0 Å². The Bertz CT molecular complexity index is 672. The van der Waals surface area contributed by atoms with Crippen molar-refractivity contribution in [2.75, 3.05) is 5.73 Å². The van der Waals surface area contributed by atoms with Crippen LogP contribution in [0.5, 0.6) is 5.75 Å². The molecule has 0 saturated carbocycles. The topological polar surface area (TPSA) is 120 Å². The molecule has 1 aromatic carbocycles. The van der Waals surface area contributed by atoms with E-state index < -0.39 is 18.0 Å². The number of aromatic nitrogens is 1. The third kappa shape index (κ3) is 2.77. The molecule has 20 heavy (non-hydrogen) atoms. The minimum Gasteiger partial charge on any atom is -0.479 e. The van der Waals surface area contributed by atoms with Crippen LogP contribution in [0.1, 0.15) is 6.92 Å². The zero-order valence-corrected chi connectivity index (χ0v) is 10.8. The lowest BCUT2D eigenvalue weighted by atomic mass is 10.1. The number of anilines is 1. The third-order valence-corrected chi connectivity index (χ3v) is 2.69. The highest BCUT2D eigenvalue weighted by molar-refractivity contribution is 5.97. The Kier molecular flexibility index (Phi) is 3.69. The van der Waals surface area contributed by atoms with Gasteiger partial charge in [-0.25, -0.2) is 4.79 Å². The summed E-state index contributed by atoms with van der Waals surface area (Å²) in [7, 11) is 0. The minimum absolute atomic E-state index is 0.405. The van der Waals surface area contributed by atoms with E-state index in [0.29, 0.717) is 17.0 Å². The number of hydrogen-bond acceptors (Lipinski definition) is 5. The monoisotopic (exact) mass is 274 g/mol. The molecule has 0 aliphatic heterocycles. The Balaban J connectivity index is 2.28. The van der Waals surface area contributed by atoms with Crippen LogP contribution >= 0.6 is 0 Å². The highest BCUT2D eigenvalue weighted by Crippen LogP contribution is 2.28. The second-order valence-corrected chi connectivity index (χ2v) is 4.17. The molecule has 5 N–H and O–H groups in total. The number of fused-ring (bicyclic) bond motifs is 1. The quantitative estimate of drug-likeness (QED) is 0.714. The van der Waals surface area contributed by atoms with E-state index in [-0.39, 0.29) is 0 Å². The van der Waals surface area contributed by atoms with Gasteiger partial charge in [0.25, 0.3) is 5.91 Å². The maximum atomic E-state index is 11.6. The van der Waals surface area contributed by atoms with Crippen LogP contribution in [-0.4, -0.2) is 23.0 Å². The lowest BCUT2D eigenvalue weighted by Crippen LogP contribution is -2.42. The van der Waals surface area contributed by atoms with Gasteiger partial charge < -0.3 is 16.2 Å². The highest BCUT2D eigenvalue weighted by Gasteiger charge is 2.18. The maximum absolute atomic E-state index is 11.6. The van der Waals surface area contributed by atoms with Gasteiger partial charge in [-0.3, -0.25) is 15.1 Å². The van der Waals surface area contributed by atoms with Crippen LogP contribution in [0.3, 0.4) is 0 Å². The molecule has 0 saturated heterocycles. The van der Waals surface area contributed by atoms with Crippen molar-refractivity contribution in [2.45, 2.75) is 13.0 Å². The average molecular weight is 274 g/mol. The van der Waals surface area contributed by atoms with Crippen LogP contribution in [0.2, 0.25) is 0 Å². The van der Waals surface area contributed by atoms with E-state index in [1.807, 2.05) is 5.32 Å². The molecule has 7 heteroatoms. The van der Waals surface area contributed by atoms with Gasteiger partial charge >= 0.3 is 6.03 Å². The van der Waals surface area contributed by atoms with Crippen molar-refractivity contribution in [2.24, 2.45) is 5.73 Å². The Labute approximate surface area is 114 Å². The Morgan fingerprint density at radius 2 is 2.10 bits per heavy atom. The molecule has 0 spiro atoms. The summed E-state index contributed by atoms with van der Waals surface area (Å²) in [5, 5.41) is 2.68. The summed E-state index contributed by atoms with van der Waals surface area (Å²) in [5.74, 6) is -0.222. The standard InChI is InChI=1S/C13H14N4O3/c1-7(12(18)17-13(15)19)20-10-5-4-9(14)8-3-2-6-16-11(8)10/h2-7H,14H2,1H3,(H3,15,17,18,19). The van der Waals surface area contributed by atoms with Gasteiger partial charge in [0, 0.05) is 17.3 Å². The van der Waals surface area contributed by atoms with Gasteiger partial charge in [0.15, 0.2) is 6.10 Å². The number of nitrogen functional groups attached to an aromatic ring is 1. The lowest BCUT2D eigenvalue weighted by molar-refractivity contribution is -0.126. The molecule has 0 radical (unpaired) electrons. The lowest BCUT2D eigenvalue weighted by Gasteiger charge is -2.15. The molecule has 0 aliphatic carbocycles. The number of carbonyl (C=O) groups excluding carboxylic acids is 2. The van der Waals surface area contributed by atoms with Crippen LogP contribution in [0.25, 0.3) is 10.9 Å². The van der Waals surface area contributed by atoms with E-state index in [1.54, 1.807) is 30.5 Å². The molecule has 1 aromatic heterocycles. The molecule has 0 fully saturated rings. The minimum atomic E-state index is -0.925. The average Bonchev–Trinajstić information content (AvgIpc) is 2.41. The molecule has 1 atom stereocenters. The summed E-state index contributed by atoms with van der Waals surface area (Å²) in [6.45, 7) is 1.50. The number of nitrogens with one attached hydrogen (secondary N) is 1. The van der Waals surface area contributed by atoms with Crippen molar-refractivity contribution in [1.29, 1.82) is 0 Å². The van der Waals surface area contributed by atoms with Gasteiger partial charge in [-0.2, -0.15) is 0 Å². The van der Waals surface area contributed by atoms with E-state index in [9.17, 15) is 9.59 Å². The number of urea groups is 1. The van der Waals surface area contributed by atoms with E-state index in [1.165, 1.54) is 6.92 Å². The van der Waals surface area contributed by atoms with Gasteiger partial charge in [-0.1, -0.05) is 0 Å². The number of primary amides is 1. The van der Waals surface area contributed by atoms with Gasteiger partial charge in [-0.05, 0) is 31.2 Å². The molecule has 1 unspecified atom stereocenters. The number of hydrogen-bond donors (Lipinski definition) is 3. The predicted molar refractivity (Wildman–Crippen MR) is 74.0 cm³/mol. The fraction of sp³-hybridized carbons (Fsp3) is 0.154. The normalized spacial score (nSPS) is 11.8. The summed E-state index contributed by atoms with van der Waals surface area (Å²) >= 11 is 0. The molecule has 7 nitrogen and oxygen atoms in total. The molecule has 1 heterocycles. The van der Waals surface area contributed by atoms with Crippen LogP contribution in [-0.2, 0) is 4.79 Å². The van der Waals surface area contributed by atoms with Gasteiger partial charge in [-0.15, -0.1) is 0 Å².